The molecular formula is C13H17FN4O2S. The summed E-state index contributed by atoms with van der Waals surface area (Å²) in [6.45, 7) is 2.39. The van der Waals surface area contributed by atoms with Crippen LogP contribution in [0.2, 0.25) is 0 Å². The number of benzene rings is 1. The van der Waals surface area contributed by atoms with E-state index in [9.17, 15) is 9.18 Å². The summed E-state index contributed by atoms with van der Waals surface area (Å²) in [5, 5.41) is 6.91. The third kappa shape index (κ3) is 3.45. The number of hydrogen-bond acceptors (Lipinski definition) is 5. The van der Waals surface area contributed by atoms with Crippen molar-refractivity contribution in [1.29, 1.82) is 0 Å². The van der Waals surface area contributed by atoms with E-state index in [1.807, 2.05) is 6.92 Å². The second-order valence-corrected chi connectivity index (χ2v) is 5.35. The third-order valence-electron chi connectivity index (χ3n) is 3.04. The topological polar surface area (TPSA) is 85.9 Å². The Morgan fingerprint density at radius 3 is 2.95 bits per heavy atom. The number of methoxy groups -OCH3 is 1. The summed E-state index contributed by atoms with van der Waals surface area (Å²) in [7, 11) is 1.41. The third-order valence-corrected chi connectivity index (χ3v) is 4.13. The van der Waals surface area contributed by atoms with E-state index in [0.717, 1.165) is 0 Å². The lowest BCUT2D eigenvalue weighted by Gasteiger charge is -2.12. The molecule has 0 aliphatic carbocycles. The fraction of sp³-hybridized carbons (Fsp3) is 0.385. The molecule has 6 nitrogen and oxygen atoms in total. The Morgan fingerprint density at radius 1 is 1.57 bits per heavy atom. The van der Waals surface area contributed by atoms with Crippen LogP contribution < -0.4 is 16.2 Å². The molecule has 8 heteroatoms. The van der Waals surface area contributed by atoms with Crippen molar-refractivity contribution in [3.05, 3.63) is 40.1 Å². The van der Waals surface area contributed by atoms with Crippen LogP contribution in [-0.4, -0.2) is 27.6 Å². The van der Waals surface area contributed by atoms with Gasteiger partial charge in [0.2, 0.25) is 0 Å². The maximum atomic E-state index is 13.6. The molecule has 0 saturated heterocycles. The monoisotopic (exact) mass is 312 g/mol. The zero-order valence-corrected chi connectivity index (χ0v) is 12.6. The average Bonchev–Trinajstić information content (AvgIpc) is 2.84. The Kier molecular flexibility index (Phi) is 5.03. The predicted octanol–water partition coefficient (Wildman–Crippen LogP) is 1.53. The Morgan fingerprint density at radius 2 is 2.33 bits per heavy atom. The Balaban J connectivity index is 2.06. The lowest BCUT2D eigenvalue weighted by molar-refractivity contribution is 0.386. The lowest BCUT2D eigenvalue weighted by Crippen LogP contribution is -2.17. The highest BCUT2D eigenvalue weighted by Gasteiger charge is 2.13. The number of aromatic amines is 1. The molecule has 0 saturated carbocycles. The van der Waals surface area contributed by atoms with Crippen molar-refractivity contribution >= 4 is 11.8 Å². The summed E-state index contributed by atoms with van der Waals surface area (Å²) >= 11 is 1.35. The van der Waals surface area contributed by atoms with Gasteiger partial charge in [0.1, 0.15) is 0 Å². The molecule has 1 heterocycles. The number of nitrogens with zero attached hydrogens (tertiary/aromatic N) is 2. The van der Waals surface area contributed by atoms with Gasteiger partial charge in [0.15, 0.2) is 16.7 Å². The van der Waals surface area contributed by atoms with Crippen LogP contribution in [-0.2, 0) is 6.54 Å². The van der Waals surface area contributed by atoms with Gasteiger partial charge in [0, 0.05) is 18.3 Å². The molecule has 0 amide bonds. The Labute approximate surface area is 125 Å². The number of thioether (sulfide) groups is 1. The highest BCUT2D eigenvalue weighted by Crippen LogP contribution is 2.24. The Bertz CT molecular complexity index is 670. The highest BCUT2D eigenvalue weighted by molar-refractivity contribution is 7.99. The van der Waals surface area contributed by atoms with Crippen LogP contribution in [0.1, 0.15) is 18.5 Å². The molecule has 1 aromatic carbocycles. The van der Waals surface area contributed by atoms with E-state index in [2.05, 4.69) is 10.2 Å². The van der Waals surface area contributed by atoms with Gasteiger partial charge in [-0.25, -0.2) is 14.3 Å². The van der Waals surface area contributed by atoms with E-state index >= 15 is 0 Å². The van der Waals surface area contributed by atoms with Crippen molar-refractivity contribution in [2.24, 2.45) is 5.73 Å². The zero-order chi connectivity index (χ0) is 15.4. The zero-order valence-electron chi connectivity index (χ0n) is 11.8. The largest absolute Gasteiger partial charge is 0.494 e. The molecule has 3 N–H and O–H groups in total. The number of aromatic nitrogens is 3. The first kappa shape index (κ1) is 15.6. The maximum Gasteiger partial charge on any atom is 0.343 e. The fourth-order valence-corrected chi connectivity index (χ4v) is 2.87. The molecular weight excluding hydrogens is 295 g/mol. The smallest absolute Gasteiger partial charge is 0.343 e. The van der Waals surface area contributed by atoms with Gasteiger partial charge in [-0.1, -0.05) is 17.8 Å². The number of nitrogens with one attached hydrogen (secondary N) is 1. The fourth-order valence-electron chi connectivity index (χ4n) is 1.87. The van der Waals surface area contributed by atoms with E-state index < -0.39 is 5.82 Å². The van der Waals surface area contributed by atoms with Gasteiger partial charge < -0.3 is 10.5 Å². The quantitative estimate of drug-likeness (QED) is 0.790. The van der Waals surface area contributed by atoms with Gasteiger partial charge in [-0.2, -0.15) is 0 Å². The van der Waals surface area contributed by atoms with Crippen LogP contribution in [0, 0.1) is 5.82 Å². The van der Waals surface area contributed by atoms with E-state index in [4.69, 9.17) is 10.5 Å². The molecule has 1 atom stereocenters. The average molecular weight is 312 g/mol. The number of ether oxygens (including phenoxy) is 1. The van der Waals surface area contributed by atoms with Crippen molar-refractivity contribution in [2.75, 3.05) is 12.9 Å². The first-order valence-electron chi connectivity index (χ1n) is 6.43. The number of rotatable bonds is 6. The molecule has 1 aromatic heterocycles. The Hall–Kier alpha value is -1.80. The van der Waals surface area contributed by atoms with Crippen LogP contribution in [0.15, 0.2) is 28.2 Å². The van der Waals surface area contributed by atoms with Gasteiger partial charge >= 0.3 is 5.69 Å². The summed E-state index contributed by atoms with van der Waals surface area (Å²) in [6, 6.07) is 4.27. The van der Waals surface area contributed by atoms with Gasteiger partial charge in [-0.05, 0) is 24.6 Å². The first-order valence-corrected chi connectivity index (χ1v) is 7.42. The SMILES string of the molecule is CCn1c(SCC(N)c2ccc(OC)c(F)c2)n[nH]c1=O. The minimum atomic E-state index is -0.444. The summed E-state index contributed by atoms with van der Waals surface area (Å²) in [5.41, 5.74) is 6.47. The molecule has 2 rings (SSSR count). The highest BCUT2D eigenvalue weighted by atomic mass is 32.2. The van der Waals surface area contributed by atoms with Crippen molar-refractivity contribution in [2.45, 2.75) is 24.7 Å². The van der Waals surface area contributed by atoms with Crippen LogP contribution in [0.4, 0.5) is 4.39 Å². The van der Waals surface area contributed by atoms with E-state index in [0.29, 0.717) is 23.0 Å². The molecule has 0 aliphatic rings. The van der Waals surface area contributed by atoms with Crippen molar-refractivity contribution in [1.82, 2.24) is 14.8 Å². The molecule has 114 valence electrons. The number of halogens is 1. The van der Waals surface area contributed by atoms with E-state index in [1.165, 1.54) is 29.5 Å². The number of H-pyrrole nitrogens is 1. The van der Waals surface area contributed by atoms with Crippen molar-refractivity contribution in [3.63, 3.8) is 0 Å². The van der Waals surface area contributed by atoms with Crippen LogP contribution >= 0.6 is 11.8 Å². The molecule has 0 bridgehead atoms. The summed E-state index contributed by atoms with van der Waals surface area (Å²) in [5.74, 6) is 0.224. The molecule has 0 spiro atoms. The standard InChI is InChI=1S/C13H17FN4O2S/c1-3-18-12(19)16-17-13(18)21-7-10(15)8-4-5-11(20-2)9(14)6-8/h4-6,10H,3,7,15H2,1-2H3,(H,16,19). The maximum absolute atomic E-state index is 13.6. The molecule has 0 radical (unpaired) electrons. The van der Waals surface area contributed by atoms with Crippen LogP contribution in [0.5, 0.6) is 5.75 Å². The minimum Gasteiger partial charge on any atom is -0.494 e. The number of nitrogens with two attached hydrogens (primary N) is 1. The van der Waals surface area contributed by atoms with Crippen LogP contribution in [0.25, 0.3) is 0 Å². The summed E-state index contributed by atoms with van der Waals surface area (Å²) in [6.07, 6.45) is 0. The van der Waals surface area contributed by atoms with Gasteiger partial charge in [-0.15, -0.1) is 5.10 Å². The van der Waals surface area contributed by atoms with Crippen LogP contribution in [0.3, 0.4) is 0 Å². The second kappa shape index (κ2) is 6.77. The number of hydrogen-bond donors (Lipinski definition) is 2. The van der Waals surface area contributed by atoms with Gasteiger partial charge in [0.05, 0.1) is 7.11 Å². The second-order valence-electron chi connectivity index (χ2n) is 4.37. The van der Waals surface area contributed by atoms with Gasteiger partial charge in [-0.3, -0.25) is 4.57 Å². The van der Waals surface area contributed by atoms with Crippen molar-refractivity contribution < 1.29 is 9.13 Å². The predicted molar refractivity (Wildman–Crippen MR) is 79.1 cm³/mol. The lowest BCUT2D eigenvalue weighted by atomic mass is 10.1. The molecule has 0 aliphatic heterocycles. The van der Waals surface area contributed by atoms with Gasteiger partial charge in [0.25, 0.3) is 0 Å². The minimum absolute atomic E-state index is 0.186. The normalized spacial score (nSPS) is 12.4. The van der Waals surface area contributed by atoms with E-state index in [1.54, 1.807) is 12.1 Å². The first-order chi connectivity index (χ1) is 10.1. The summed E-state index contributed by atoms with van der Waals surface area (Å²) < 4.78 is 20.0. The molecule has 2 aromatic rings. The molecule has 1 unspecified atom stereocenters. The van der Waals surface area contributed by atoms with E-state index in [-0.39, 0.29) is 17.5 Å². The summed E-state index contributed by atoms with van der Waals surface area (Å²) in [4.78, 5) is 11.4. The molecule has 0 fully saturated rings. The molecule has 21 heavy (non-hydrogen) atoms. The van der Waals surface area contributed by atoms with Crippen molar-refractivity contribution in [3.8, 4) is 5.75 Å².